The molecule has 0 aliphatic carbocycles. The van der Waals surface area contributed by atoms with Crippen LogP contribution >= 0.6 is 0 Å². The van der Waals surface area contributed by atoms with Gasteiger partial charge in [0.25, 0.3) is 5.91 Å². The molecule has 1 aromatic carbocycles. The Morgan fingerprint density at radius 3 is 2.71 bits per heavy atom. The van der Waals surface area contributed by atoms with E-state index in [9.17, 15) is 14.0 Å². The zero-order chi connectivity index (χ0) is 16.7. The van der Waals surface area contributed by atoms with Crippen LogP contribution < -0.4 is 5.32 Å². The van der Waals surface area contributed by atoms with Crippen molar-refractivity contribution in [2.24, 2.45) is 0 Å². The van der Waals surface area contributed by atoms with E-state index in [2.05, 4.69) is 10.3 Å². The van der Waals surface area contributed by atoms with Gasteiger partial charge in [0.15, 0.2) is 0 Å². The summed E-state index contributed by atoms with van der Waals surface area (Å²) in [7, 11) is 0. The SMILES string of the molecule is O=C(c1cccnc1)N1CCC2(CC1)C(=O)Nc1c(F)cccc12. The lowest BCUT2D eigenvalue weighted by Gasteiger charge is -2.38. The zero-order valence-electron chi connectivity index (χ0n) is 13.0. The molecule has 122 valence electrons. The fraction of sp³-hybridized carbons (Fsp3) is 0.278. The van der Waals surface area contributed by atoms with Gasteiger partial charge in [-0.3, -0.25) is 14.6 Å². The molecule has 6 heteroatoms. The first-order valence-corrected chi connectivity index (χ1v) is 7.91. The van der Waals surface area contributed by atoms with Gasteiger partial charge in [-0.1, -0.05) is 12.1 Å². The molecule has 2 aliphatic heterocycles. The molecule has 5 nitrogen and oxygen atoms in total. The van der Waals surface area contributed by atoms with Crippen LogP contribution in [-0.4, -0.2) is 34.8 Å². The third kappa shape index (κ3) is 2.10. The normalized spacial score (nSPS) is 18.4. The van der Waals surface area contributed by atoms with Gasteiger partial charge < -0.3 is 10.2 Å². The maximum absolute atomic E-state index is 13.9. The number of amides is 2. The molecule has 1 N–H and O–H groups in total. The number of nitrogens with zero attached hydrogens (tertiary/aromatic N) is 2. The third-order valence-corrected chi connectivity index (χ3v) is 5.02. The van der Waals surface area contributed by atoms with Gasteiger partial charge in [0.1, 0.15) is 5.82 Å². The van der Waals surface area contributed by atoms with Gasteiger partial charge in [0, 0.05) is 25.5 Å². The molecular formula is C18H16FN3O2. The van der Waals surface area contributed by atoms with Crippen molar-refractivity contribution >= 4 is 17.5 Å². The van der Waals surface area contributed by atoms with Gasteiger partial charge in [-0.25, -0.2) is 4.39 Å². The Balaban J connectivity index is 1.58. The summed E-state index contributed by atoms with van der Waals surface area (Å²) in [5, 5.41) is 2.67. The minimum Gasteiger partial charge on any atom is -0.339 e. The van der Waals surface area contributed by atoms with E-state index in [0.29, 0.717) is 37.1 Å². The number of pyridine rings is 1. The summed E-state index contributed by atoms with van der Waals surface area (Å²) < 4.78 is 13.9. The second-order valence-electron chi connectivity index (χ2n) is 6.23. The lowest BCUT2D eigenvalue weighted by Crippen LogP contribution is -2.48. The van der Waals surface area contributed by atoms with Crippen LogP contribution in [0.4, 0.5) is 10.1 Å². The van der Waals surface area contributed by atoms with Crippen LogP contribution in [0, 0.1) is 5.82 Å². The molecule has 2 aliphatic rings. The molecule has 1 aromatic heterocycles. The van der Waals surface area contributed by atoms with Crippen molar-refractivity contribution in [2.45, 2.75) is 18.3 Å². The van der Waals surface area contributed by atoms with Gasteiger partial charge >= 0.3 is 0 Å². The lowest BCUT2D eigenvalue weighted by molar-refractivity contribution is -0.122. The summed E-state index contributed by atoms with van der Waals surface area (Å²) in [6.45, 7) is 0.911. The maximum atomic E-state index is 13.9. The molecule has 24 heavy (non-hydrogen) atoms. The number of carbonyl (C=O) groups is 2. The van der Waals surface area contributed by atoms with Crippen LogP contribution in [0.2, 0.25) is 0 Å². The number of fused-ring (bicyclic) bond motifs is 2. The predicted molar refractivity (Wildman–Crippen MR) is 86.1 cm³/mol. The Morgan fingerprint density at radius 1 is 1.21 bits per heavy atom. The number of para-hydroxylation sites is 1. The van der Waals surface area contributed by atoms with Crippen molar-refractivity contribution in [1.82, 2.24) is 9.88 Å². The van der Waals surface area contributed by atoms with Gasteiger partial charge in [-0.05, 0) is 36.6 Å². The predicted octanol–water partition coefficient (Wildman–Crippen LogP) is 2.35. The summed E-state index contributed by atoms with van der Waals surface area (Å²) in [6, 6.07) is 8.23. The largest absolute Gasteiger partial charge is 0.339 e. The molecule has 0 radical (unpaired) electrons. The van der Waals surface area contributed by atoms with E-state index in [0.717, 1.165) is 0 Å². The van der Waals surface area contributed by atoms with Crippen LogP contribution in [0.1, 0.15) is 28.8 Å². The van der Waals surface area contributed by atoms with Crippen LogP contribution in [0.3, 0.4) is 0 Å². The second-order valence-corrected chi connectivity index (χ2v) is 6.23. The number of rotatable bonds is 1. The fourth-order valence-corrected chi connectivity index (χ4v) is 3.67. The van der Waals surface area contributed by atoms with Crippen molar-refractivity contribution in [3.63, 3.8) is 0 Å². The van der Waals surface area contributed by atoms with Crippen LogP contribution in [0.5, 0.6) is 0 Å². The summed E-state index contributed by atoms with van der Waals surface area (Å²) >= 11 is 0. The van der Waals surface area contributed by atoms with Gasteiger partial charge in [-0.2, -0.15) is 0 Å². The number of likely N-dealkylation sites (tertiary alicyclic amines) is 1. The van der Waals surface area contributed by atoms with E-state index in [1.807, 2.05) is 0 Å². The molecule has 0 atom stereocenters. The third-order valence-electron chi connectivity index (χ3n) is 5.02. The Morgan fingerprint density at radius 2 is 2.00 bits per heavy atom. The number of halogens is 1. The smallest absolute Gasteiger partial charge is 0.255 e. The highest BCUT2D eigenvalue weighted by Crippen LogP contribution is 2.45. The lowest BCUT2D eigenvalue weighted by atomic mass is 9.73. The van der Waals surface area contributed by atoms with E-state index in [1.165, 1.54) is 6.07 Å². The molecule has 1 fully saturated rings. The first kappa shape index (κ1) is 14.8. The quantitative estimate of drug-likeness (QED) is 0.875. The van der Waals surface area contributed by atoms with E-state index < -0.39 is 11.2 Å². The number of hydrogen-bond donors (Lipinski definition) is 1. The molecule has 4 rings (SSSR count). The average Bonchev–Trinajstić information content (AvgIpc) is 2.89. The van der Waals surface area contributed by atoms with Crippen molar-refractivity contribution in [1.29, 1.82) is 0 Å². The number of benzene rings is 1. The highest BCUT2D eigenvalue weighted by atomic mass is 19.1. The molecule has 3 heterocycles. The molecule has 0 saturated carbocycles. The highest BCUT2D eigenvalue weighted by molar-refractivity contribution is 6.06. The minimum atomic E-state index is -0.733. The number of hydrogen-bond acceptors (Lipinski definition) is 3. The number of carbonyl (C=O) groups excluding carboxylic acids is 2. The first-order chi connectivity index (χ1) is 11.6. The monoisotopic (exact) mass is 325 g/mol. The number of aromatic nitrogens is 1. The van der Waals surface area contributed by atoms with Crippen LogP contribution in [-0.2, 0) is 10.2 Å². The number of nitrogens with one attached hydrogen (secondary N) is 1. The zero-order valence-corrected chi connectivity index (χ0v) is 13.0. The van der Waals surface area contributed by atoms with E-state index in [-0.39, 0.29) is 17.5 Å². The Hall–Kier alpha value is -2.76. The molecule has 1 saturated heterocycles. The first-order valence-electron chi connectivity index (χ1n) is 7.91. The highest BCUT2D eigenvalue weighted by Gasteiger charge is 2.49. The summed E-state index contributed by atoms with van der Waals surface area (Å²) in [6.07, 6.45) is 4.14. The molecule has 1 spiro atoms. The Bertz CT molecular complexity index is 814. The number of piperidine rings is 1. The molecule has 2 amide bonds. The fourth-order valence-electron chi connectivity index (χ4n) is 3.67. The molecule has 0 unspecified atom stereocenters. The van der Waals surface area contributed by atoms with Crippen molar-refractivity contribution in [2.75, 3.05) is 18.4 Å². The van der Waals surface area contributed by atoms with Crippen molar-refractivity contribution in [3.05, 3.63) is 59.7 Å². The summed E-state index contributed by atoms with van der Waals surface area (Å²) in [4.78, 5) is 30.7. The van der Waals surface area contributed by atoms with E-state index in [4.69, 9.17) is 0 Å². The minimum absolute atomic E-state index is 0.0872. The van der Waals surface area contributed by atoms with Crippen LogP contribution in [0.15, 0.2) is 42.7 Å². The summed E-state index contributed by atoms with van der Waals surface area (Å²) in [5.41, 5.74) is 0.801. The number of anilines is 1. The van der Waals surface area contributed by atoms with E-state index >= 15 is 0 Å². The topological polar surface area (TPSA) is 62.3 Å². The van der Waals surface area contributed by atoms with Crippen LogP contribution in [0.25, 0.3) is 0 Å². The van der Waals surface area contributed by atoms with Gasteiger partial charge in [-0.15, -0.1) is 0 Å². The molecule has 0 bridgehead atoms. The molecule has 2 aromatic rings. The average molecular weight is 325 g/mol. The standard InChI is InChI=1S/C18H16FN3O2/c19-14-5-1-4-13-15(14)21-17(24)18(13)6-9-22(10-7-18)16(23)12-3-2-8-20-11-12/h1-5,8,11H,6-7,9-10H2,(H,21,24). The van der Waals surface area contributed by atoms with Gasteiger partial charge in [0.2, 0.25) is 5.91 Å². The Kier molecular flexibility index (Phi) is 3.33. The van der Waals surface area contributed by atoms with Crippen molar-refractivity contribution < 1.29 is 14.0 Å². The molecular weight excluding hydrogens is 309 g/mol. The Labute approximate surface area is 138 Å². The summed E-state index contributed by atoms with van der Waals surface area (Å²) in [5.74, 6) is -0.668. The van der Waals surface area contributed by atoms with E-state index in [1.54, 1.807) is 41.6 Å². The van der Waals surface area contributed by atoms with Gasteiger partial charge in [0.05, 0.1) is 16.7 Å². The van der Waals surface area contributed by atoms with Crippen molar-refractivity contribution in [3.8, 4) is 0 Å². The second kappa shape index (κ2) is 5.40. The maximum Gasteiger partial charge on any atom is 0.255 e.